The SMILES string of the molecule is CC(C)CC(O)Cc1ccc(Br)cc1Cl. The molecule has 0 saturated heterocycles. The van der Waals surface area contributed by atoms with Crippen LogP contribution in [0.25, 0.3) is 0 Å². The summed E-state index contributed by atoms with van der Waals surface area (Å²) in [6.07, 6.45) is 1.14. The lowest BCUT2D eigenvalue weighted by Crippen LogP contribution is -2.13. The molecule has 1 nitrogen and oxygen atoms in total. The van der Waals surface area contributed by atoms with Gasteiger partial charge in [0.2, 0.25) is 0 Å². The third-order valence-corrected chi connectivity index (χ3v) is 3.06. The molecule has 3 heteroatoms. The molecule has 84 valence electrons. The molecule has 0 saturated carbocycles. The van der Waals surface area contributed by atoms with Crippen LogP contribution >= 0.6 is 27.5 Å². The molecule has 0 radical (unpaired) electrons. The van der Waals surface area contributed by atoms with E-state index < -0.39 is 0 Å². The minimum absolute atomic E-state index is 0.302. The smallest absolute Gasteiger partial charge is 0.0583 e. The van der Waals surface area contributed by atoms with Gasteiger partial charge < -0.3 is 5.11 Å². The van der Waals surface area contributed by atoms with Gasteiger partial charge >= 0.3 is 0 Å². The molecule has 15 heavy (non-hydrogen) atoms. The third-order valence-electron chi connectivity index (χ3n) is 2.21. The van der Waals surface area contributed by atoms with E-state index in [4.69, 9.17) is 11.6 Å². The number of benzene rings is 1. The molecule has 1 atom stereocenters. The Morgan fingerprint density at radius 2 is 2.07 bits per heavy atom. The minimum atomic E-state index is -0.302. The van der Waals surface area contributed by atoms with E-state index >= 15 is 0 Å². The largest absolute Gasteiger partial charge is 0.393 e. The van der Waals surface area contributed by atoms with Gasteiger partial charge in [-0.25, -0.2) is 0 Å². The average Bonchev–Trinajstić information content (AvgIpc) is 2.08. The van der Waals surface area contributed by atoms with E-state index in [0.717, 1.165) is 16.5 Å². The first-order valence-corrected chi connectivity index (χ1v) is 6.28. The highest BCUT2D eigenvalue weighted by molar-refractivity contribution is 9.10. The molecule has 0 aromatic heterocycles. The van der Waals surface area contributed by atoms with Gasteiger partial charge in [-0.2, -0.15) is 0 Å². The maximum Gasteiger partial charge on any atom is 0.0583 e. The first kappa shape index (κ1) is 13.0. The molecule has 0 amide bonds. The van der Waals surface area contributed by atoms with E-state index in [2.05, 4.69) is 29.8 Å². The Kier molecular flexibility index (Phi) is 5.10. The van der Waals surface area contributed by atoms with Gasteiger partial charge in [0.1, 0.15) is 0 Å². The summed E-state index contributed by atoms with van der Waals surface area (Å²) < 4.78 is 0.967. The van der Waals surface area contributed by atoms with Crippen LogP contribution in [-0.4, -0.2) is 11.2 Å². The van der Waals surface area contributed by atoms with Crippen LogP contribution in [0.5, 0.6) is 0 Å². The van der Waals surface area contributed by atoms with Crippen LogP contribution in [0.3, 0.4) is 0 Å². The zero-order valence-corrected chi connectivity index (χ0v) is 11.3. The fourth-order valence-electron chi connectivity index (χ4n) is 1.57. The predicted molar refractivity (Wildman–Crippen MR) is 68.3 cm³/mol. The van der Waals surface area contributed by atoms with Crippen molar-refractivity contribution in [1.29, 1.82) is 0 Å². The lowest BCUT2D eigenvalue weighted by atomic mass is 10.00. The fourth-order valence-corrected chi connectivity index (χ4v) is 2.32. The van der Waals surface area contributed by atoms with Gasteiger partial charge in [0.05, 0.1) is 6.10 Å². The molecule has 0 bridgehead atoms. The van der Waals surface area contributed by atoms with Gasteiger partial charge in [0.25, 0.3) is 0 Å². The highest BCUT2D eigenvalue weighted by Crippen LogP contribution is 2.23. The molecular formula is C12H16BrClO. The van der Waals surface area contributed by atoms with Gasteiger partial charge in [-0.3, -0.25) is 0 Å². The van der Waals surface area contributed by atoms with Crippen molar-refractivity contribution in [3.05, 3.63) is 33.3 Å². The van der Waals surface area contributed by atoms with Crippen molar-refractivity contribution in [2.75, 3.05) is 0 Å². The second kappa shape index (κ2) is 5.88. The maximum absolute atomic E-state index is 9.80. The van der Waals surface area contributed by atoms with E-state index in [-0.39, 0.29) is 6.10 Å². The Hall–Kier alpha value is -0.0500. The Morgan fingerprint density at radius 3 is 2.60 bits per heavy atom. The first-order valence-electron chi connectivity index (χ1n) is 5.11. The van der Waals surface area contributed by atoms with Crippen molar-refractivity contribution in [3.63, 3.8) is 0 Å². The zero-order valence-electron chi connectivity index (χ0n) is 9.00. The molecule has 1 aromatic carbocycles. The molecule has 0 spiro atoms. The highest BCUT2D eigenvalue weighted by atomic mass is 79.9. The molecule has 0 heterocycles. The lowest BCUT2D eigenvalue weighted by Gasteiger charge is -2.13. The molecular weight excluding hydrogens is 275 g/mol. The molecule has 0 fully saturated rings. The van der Waals surface area contributed by atoms with Crippen molar-refractivity contribution < 1.29 is 5.11 Å². The number of hydrogen-bond acceptors (Lipinski definition) is 1. The van der Waals surface area contributed by atoms with E-state index in [1.165, 1.54) is 0 Å². The van der Waals surface area contributed by atoms with Crippen LogP contribution in [0, 0.1) is 5.92 Å². The molecule has 1 rings (SSSR count). The number of aliphatic hydroxyl groups excluding tert-OH is 1. The predicted octanol–water partition coefficient (Wildman–Crippen LogP) is 4.05. The summed E-state index contributed by atoms with van der Waals surface area (Å²) in [4.78, 5) is 0. The lowest BCUT2D eigenvalue weighted by molar-refractivity contribution is 0.149. The van der Waals surface area contributed by atoms with Crippen molar-refractivity contribution in [2.45, 2.75) is 32.8 Å². The number of hydrogen-bond donors (Lipinski definition) is 1. The van der Waals surface area contributed by atoms with E-state index in [1.54, 1.807) is 0 Å². The Labute approximate surface area is 105 Å². The molecule has 1 N–H and O–H groups in total. The molecule has 0 aliphatic rings. The summed E-state index contributed by atoms with van der Waals surface area (Å²) in [5, 5.41) is 10.5. The monoisotopic (exact) mass is 290 g/mol. The van der Waals surface area contributed by atoms with Crippen LogP contribution in [0.4, 0.5) is 0 Å². The molecule has 0 aliphatic heterocycles. The first-order chi connectivity index (χ1) is 6.99. The number of halogens is 2. The number of rotatable bonds is 4. The van der Waals surface area contributed by atoms with E-state index in [1.807, 2.05) is 18.2 Å². The normalized spacial score (nSPS) is 13.2. The second-order valence-corrected chi connectivity index (χ2v) is 5.55. The topological polar surface area (TPSA) is 20.2 Å². The van der Waals surface area contributed by atoms with Crippen LogP contribution in [0.1, 0.15) is 25.8 Å². The zero-order chi connectivity index (χ0) is 11.4. The Bertz CT molecular complexity index is 325. The summed E-state index contributed by atoms with van der Waals surface area (Å²) in [6.45, 7) is 4.21. The molecule has 0 aliphatic carbocycles. The summed E-state index contributed by atoms with van der Waals surface area (Å²) in [5.74, 6) is 0.509. The van der Waals surface area contributed by atoms with Crippen LogP contribution < -0.4 is 0 Å². The fraction of sp³-hybridized carbons (Fsp3) is 0.500. The Balaban J connectivity index is 2.64. The van der Waals surface area contributed by atoms with E-state index in [9.17, 15) is 5.11 Å². The van der Waals surface area contributed by atoms with Gasteiger partial charge in [-0.15, -0.1) is 0 Å². The van der Waals surface area contributed by atoms with Gasteiger partial charge in [0, 0.05) is 9.50 Å². The van der Waals surface area contributed by atoms with Gasteiger partial charge in [-0.05, 0) is 36.5 Å². The van der Waals surface area contributed by atoms with Gasteiger partial charge in [0.15, 0.2) is 0 Å². The summed E-state index contributed by atoms with van der Waals surface area (Å²) in [7, 11) is 0. The molecule has 1 unspecified atom stereocenters. The standard InChI is InChI=1S/C12H16BrClO/c1-8(2)5-11(15)6-9-3-4-10(13)7-12(9)14/h3-4,7-8,11,15H,5-6H2,1-2H3. The Morgan fingerprint density at radius 1 is 1.40 bits per heavy atom. The maximum atomic E-state index is 9.80. The van der Waals surface area contributed by atoms with Gasteiger partial charge in [-0.1, -0.05) is 47.4 Å². The van der Waals surface area contributed by atoms with Crippen molar-refractivity contribution in [3.8, 4) is 0 Å². The second-order valence-electron chi connectivity index (χ2n) is 4.22. The average molecular weight is 292 g/mol. The number of aliphatic hydroxyl groups is 1. The summed E-state index contributed by atoms with van der Waals surface area (Å²) >= 11 is 9.42. The van der Waals surface area contributed by atoms with Crippen molar-refractivity contribution in [2.24, 2.45) is 5.92 Å². The van der Waals surface area contributed by atoms with Crippen molar-refractivity contribution >= 4 is 27.5 Å². The van der Waals surface area contributed by atoms with Crippen LogP contribution in [0.2, 0.25) is 5.02 Å². The minimum Gasteiger partial charge on any atom is -0.393 e. The van der Waals surface area contributed by atoms with Crippen LogP contribution in [0.15, 0.2) is 22.7 Å². The van der Waals surface area contributed by atoms with Crippen LogP contribution in [-0.2, 0) is 6.42 Å². The summed E-state index contributed by atoms with van der Waals surface area (Å²) in [5.41, 5.74) is 1.01. The highest BCUT2D eigenvalue weighted by Gasteiger charge is 2.10. The van der Waals surface area contributed by atoms with E-state index in [0.29, 0.717) is 17.4 Å². The van der Waals surface area contributed by atoms with Crippen molar-refractivity contribution in [1.82, 2.24) is 0 Å². The molecule has 1 aromatic rings. The summed E-state index contributed by atoms with van der Waals surface area (Å²) in [6, 6.07) is 5.76. The third kappa shape index (κ3) is 4.54. The quantitative estimate of drug-likeness (QED) is 0.887.